The normalized spacial score (nSPS) is 30.7. The van der Waals surface area contributed by atoms with Gasteiger partial charge in [0.25, 0.3) is 0 Å². The lowest BCUT2D eigenvalue weighted by atomic mass is 9.60. The van der Waals surface area contributed by atoms with E-state index in [-0.39, 0.29) is 5.41 Å². The lowest BCUT2D eigenvalue weighted by molar-refractivity contribution is 0.0669. The summed E-state index contributed by atoms with van der Waals surface area (Å²) >= 11 is 0. The minimum atomic E-state index is 0.286. The Morgan fingerprint density at radius 1 is 1.42 bits per heavy atom. The number of rotatable bonds is 2. The number of likely N-dealkylation sites (N-methyl/N-ethyl adjacent to an activating group) is 1. The number of aryl methyl sites for hydroxylation is 1. The molecule has 1 N–H and O–H groups in total. The highest BCUT2D eigenvalue weighted by atomic mass is 16.3. The summed E-state index contributed by atoms with van der Waals surface area (Å²) in [4.78, 5) is 2.56. The van der Waals surface area contributed by atoms with Crippen LogP contribution in [0, 0.1) is 0 Å². The molecule has 0 radical (unpaired) electrons. The monoisotopic (exact) mass is 259 g/mol. The zero-order valence-corrected chi connectivity index (χ0v) is 12.2. The molecule has 1 aromatic rings. The van der Waals surface area contributed by atoms with Crippen LogP contribution in [0.3, 0.4) is 0 Å². The summed E-state index contributed by atoms with van der Waals surface area (Å²) in [5.41, 5.74) is 3.20. The Labute approximate surface area is 116 Å². The quantitative estimate of drug-likeness (QED) is 0.879. The van der Waals surface area contributed by atoms with E-state index in [1.807, 2.05) is 6.07 Å². The zero-order valence-electron chi connectivity index (χ0n) is 12.2. The summed E-state index contributed by atoms with van der Waals surface area (Å²) in [6.45, 7) is 3.52. The highest BCUT2D eigenvalue weighted by Crippen LogP contribution is 2.49. The Hall–Kier alpha value is -1.02. The molecular weight excluding hydrogens is 234 g/mol. The van der Waals surface area contributed by atoms with Crippen LogP contribution in [0.25, 0.3) is 0 Å². The van der Waals surface area contributed by atoms with Gasteiger partial charge >= 0.3 is 0 Å². The maximum Gasteiger partial charge on any atom is 0.115 e. The molecule has 3 rings (SSSR count). The second-order valence-electron chi connectivity index (χ2n) is 6.39. The molecule has 104 valence electrons. The zero-order chi connectivity index (χ0) is 13.5. The van der Waals surface area contributed by atoms with Gasteiger partial charge in [-0.05, 0) is 69.0 Å². The smallest absolute Gasteiger partial charge is 0.115 e. The molecule has 0 saturated carbocycles. The second kappa shape index (κ2) is 4.82. The van der Waals surface area contributed by atoms with Crippen LogP contribution in [0.5, 0.6) is 5.75 Å². The molecule has 2 nitrogen and oxygen atoms in total. The summed E-state index contributed by atoms with van der Waals surface area (Å²) in [7, 11) is 2.28. The first kappa shape index (κ1) is 13.0. The van der Waals surface area contributed by atoms with Gasteiger partial charge in [0, 0.05) is 11.5 Å². The molecule has 1 heterocycles. The molecular formula is C17H25NO. The fourth-order valence-corrected chi connectivity index (χ4v) is 4.61. The number of aromatic hydroxyl groups is 1. The Balaban J connectivity index is 2.12. The molecule has 2 heteroatoms. The number of benzene rings is 1. The molecule has 0 bridgehead atoms. The van der Waals surface area contributed by atoms with E-state index in [2.05, 4.69) is 31.0 Å². The van der Waals surface area contributed by atoms with Gasteiger partial charge in [0.05, 0.1) is 0 Å². The van der Waals surface area contributed by atoms with E-state index >= 15 is 0 Å². The van der Waals surface area contributed by atoms with Gasteiger partial charge in [0.15, 0.2) is 0 Å². The van der Waals surface area contributed by atoms with E-state index < -0.39 is 0 Å². The van der Waals surface area contributed by atoms with Crippen molar-refractivity contribution in [1.82, 2.24) is 4.90 Å². The lowest BCUT2D eigenvalue weighted by Crippen LogP contribution is -2.55. The fraction of sp³-hybridized carbons (Fsp3) is 0.647. The minimum Gasteiger partial charge on any atom is -0.508 e. The van der Waals surface area contributed by atoms with Gasteiger partial charge in [-0.25, -0.2) is 0 Å². The third kappa shape index (κ3) is 1.97. The largest absolute Gasteiger partial charge is 0.508 e. The van der Waals surface area contributed by atoms with Crippen LogP contribution < -0.4 is 0 Å². The van der Waals surface area contributed by atoms with Crippen molar-refractivity contribution in [3.63, 3.8) is 0 Å². The molecule has 1 fully saturated rings. The summed E-state index contributed by atoms with van der Waals surface area (Å²) in [6, 6.07) is 6.71. The van der Waals surface area contributed by atoms with Crippen molar-refractivity contribution >= 4 is 0 Å². The molecule has 1 saturated heterocycles. The first-order chi connectivity index (χ1) is 9.17. The number of phenolic OH excluding ortho intramolecular Hbond substituents is 1. The van der Waals surface area contributed by atoms with Crippen molar-refractivity contribution < 1.29 is 5.11 Å². The predicted octanol–water partition coefficient (Wildman–Crippen LogP) is 3.47. The van der Waals surface area contributed by atoms with E-state index in [1.54, 1.807) is 0 Å². The standard InChI is InChI=1S/C17H25NO/c1-3-9-17-10-4-11-18(2)16(17)8-6-13-5-7-14(19)12-15(13)17/h5,7,12,16,19H,3-4,6,8-11H2,1-2H3/t16-,17+/m1/s1. The summed E-state index contributed by atoms with van der Waals surface area (Å²) in [5, 5.41) is 9.91. The summed E-state index contributed by atoms with van der Waals surface area (Å²) in [6.07, 6.45) is 7.47. The second-order valence-corrected chi connectivity index (χ2v) is 6.39. The Morgan fingerprint density at radius 2 is 2.26 bits per heavy atom. The highest BCUT2D eigenvalue weighted by molar-refractivity contribution is 5.44. The number of fused-ring (bicyclic) bond motifs is 3. The highest BCUT2D eigenvalue weighted by Gasteiger charge is 2.46. The molecule has 0 spiro atoms. The van der Waals surface area contributed by atoms with Crippen LogP contribution in [0.4, 0.5) is 0 Å². The first-order valence-corrected chi connectivity index (χ1v) is 7.70. The van der Waals surface area contributed by atoms with Gasteiger partial charge < -0.3 is 10.0 Å². The third-order valence-electron chi connectivity index (χ3n) is 5.32. The number of likely N-dealkylation sites (tertiary alicyclic amines) is 1. The van der Waals surface area contributed by atoms with Crippen LogP contribution in [0.15, 0.2) is 18.2 Å². The van der Waals surface area contributed by atoms with Crippen LogP contribution in [-0.4, -0.2) is 29.6 Å². The average Bonchev–Trinajstić information content (AvgIpc) is 2.39. The summed E-state index contributed by atoms with van der Waals surface area (Å²) in [5.74, 6) is 0.433. The topological polar surface area (TPSA) is 23.5 Å². The van der Waals surface area contributed by atoms with Gasteiger partial charge in [0.1, 0.15) is 5.75 Å². The van der Waals surface area contributed by atoms with Crippen LogP contribution in [0.2, 0.25) is 0 Å². The maximum absolute atomic E-state index is 9.91. The van der Waals surface area contributed by atoms with E-state index in [9.17, 15) is 5.11 Å². The maximum atomic E-state index is 9.91. The van der Waals surface area contributed by atoms with Gasteiger partial charge in [0.2, 0.25) is 0 Å². The molecule has 0 unspecified atom stereocenters. The lowest BCUT2D eigenvalue weighted by Gasteiger charge is -2.53. The fourth-order valence-electron chi connectivity index (χ4n) is 4.61. The molecule has 2 aliphatic rings. The number of phenols is 1. The van der Waals surface area contributed by atoms with Gasteiger partial charge in [-0.3, -0.25) is 0 Å². The SMILES string of the molecule is CCC[C@@]12CCCN(C)[C@@H]1CCc1ccc(O)cc12. The summed E-state index contributed by atoms with van der Waals surface area (Å²) < 4.78 is 0. The number of piperidine rings is 1. The van der Waals surface area contributed by atoms with Gasteiger partial charge in [-0.1, -0.05) is 19.4 Å². The molecule has 0 aromatic heterocycles. The third-order valence-corrected chi connectivity index (χ3v) is 5.32. The first-order valence-electron chi connectivity index (χ1n) is 7.70. The van der Waals surface area contributed by atoms with Gasteiger partial charge in [-0.2, -0.15) is 0 Å². The number of hydrogen-bond donors (Lipinski definition) is 1. The van der Waals surface area contributed by atoms with Crippen molar-refractivity contribution in [3.8, 4) is 5.75 Å². The average molecular weight is 259 g/mol. The van der Waals surface area contributed by atoms with E-state index in [1.165, 1.54) is 49.8 Å². The molecule has 1 aliphatic carbocycles. The van der Waals surface area contributed by atoms with Crippen LogP contribution in [-0.2, 0) is 11.8 Å². The van der Waals surface area contributed by atoms with Crippen molar-refractivity contribution in [3.05, 3.63) is 29.3 Å². The van der Waals surface area contributed by atoms with E-state index in [4.69, 9.17) is 0 Å². The van der Waals surface area contributed by atoms with Gasteiger partial charge in [-0.15, -0.1) is 0 Å². The number of nitrogens with zero attached hydrogens (tertiary/aromatic N) is 1. The van der Waals surface area contributed by atoms with Crippen molar-refractivity contribution in [1.29, 1.82) is 0 Å². The molecule has 1 aliphatic heterocycles. The van der Waals surface area contributed by atoms with Crippen molar-refractivity contribution in [2.45, 2.75) is 56.9 Å². The molecule has 0 amide bonds. The molecule has 2 atom stereocenters. The van der Waals surface area contributed by atoms with E-state index in [0.717, 1.165) is 6.42 Å². The van der Waals surface area contributed by atoms with E-state index in [0.29, 0.717) is 11.8 Å². The molecule has 1 aromatic carbocycles. The van der Waals surface area contributed by atoms with Crippen molar-refractivity contribution in [2.24, 2.45) is 0 Å². The Morgan fingerprint density at radius 3 is 3.05 bits per heavy atom. The van der Waals surface area contributed by atoms with Crippen LogP contribution in [0.1, 0.15) is 50.2 Å². The number of hydrogen-bond acceptors (Lipinski definition) is 2. The van der Waals surface area contributed by atoms with Crippen LogP contribution >= 0.6 is 0 Å². The minimum absolute atomic E-state index is 0.286. The molecule has 19 heavy (non-hydrogen) atoms. The predicted molar refractivity (Wildman–Crippen MR) is 78.7 cm³/mol. The van der Waals surface area contributed by atoms with Crippen molar-refractivity contribution in [2.75, 3.05) is 13.6 Å². The Kier molecular flexibility index (Phi) is 3.30. The Bertz CT molecular complexity index is 466.